The van der Waals surface area contributed by atoms with E-state index in [1.54, 1.807) is 0 Å². The molecular formula is C9H10O2. The molecule has 1 heterocycles. The van der Waals surface area contributed by atoms with Crippen molar-refractivity contribution in [3.05, 3.63) is 23.8 Å². The van der Waals surface area contributed by atoms with Crippen LogP contribution in [0.25, 0.3) is 11.2 Å². The van der Waals surface area contributed by atoms with E-state index in [9.17, 15) is 0 Å². The molecule has 0 aliphatic carbocycles. The fraction of sp³-hybridized carbons (Fsp3) is 0.333. The Morgan fingerprint density at radius 3 is 2.82 bits per heavy atom. The quantitative estimate of drug-likeness (QED) is 0.615. The highest BCUT2D eigenvalue weighted by Gasteiger charge is 2.07. The molecule has 0 aliphatic rings. The van der Waals surface area contributed by atoms with Gasteiger partial charge in [0.05, 0.1) is 0 Å². The number of para-hydroxylation sites is 1. The Bertz CT molecular complexity index is 343. The molecule has 2 rings (SSSR count). The Hall–Kier alpha value is -1.18. The number of hydrogen-bond donors (Lipinski definition) is 0. The molecule has 0 spiro atoms. The van der Waals surface area contributed by atoms with E-state index in [0.717, 1.165) is 24.0 Å². The highest BCUT2D eigenvalue weighted by molar-refractivity contribution is 5.74. The predicted octanol–water partition coefficient (Wildman–Crippen LogP) is 2.98. The minimum Gasteiger partial charge on any atom is -0.286 e. The van der Waals surface area contributed by atoms with Crippen LogP contribution in [0.5, 0.6) is 0 Å². The first-order chi connectivity index (χ1) is 5.42. The number of aryl methyl sites for hydroxylation is 1. The minimum atomic E-state index is 0.871. The SMILES string of the molecule is CCCc1cccc2ooc12. The van der Waals surface area contributed by atoms with Gasteiger partial charge in [0.2, 0.25) is 11.2 Å². The van der Waals surface area contributed by atoms with E-state index in [1.165, 1.54) is 5.56 Å². The van der Waals surface area contributed by atoms with Crippen LogP contribution < -0.4 is 0 Å². The van der Waals surface area contributed by atoms with Gasteiger partial charge < -0.3 is 0 Å². The van der Waals surface area contributed by atoms with Crippen LogP contribution >= 0.6 is 0 Å². The van der Waals surface area contributed by atoms with Crippen LogP contribution in [0.2, 0.25) is 0 Å². The Labute approximate surface area is 64.7 Å². The third-order valence-electron chi connectivity index (χ3n) is 1.79. The van der Waals surface area contributed by atoms with Crippen LogP contribution in [0.4, 0.5) is 0 Å². The zero-order chi connectivity index (χ0) is 7.68. The van der Waals surface area contributed by atoms with Gasteiger partial charge in [-0.2, -0.15) is 0 Å². The average Bonchev–Trinajstić information content (AvgIpc) is 1.94. The summed E-state index contributed by atoms with van der Waals surface area (Å²) in [6, 6.07) is 5.98. The molecule has 0 aliphatic heterocycles. The summed E-state index contributed by atoms with van der Waals surface area (Å²) >= 11 is 0. The zero-order valence-electron chi connectivity index (χ0n) is 6.46. The molecule has 0 saturated carbocycles. The zero-order valence-corrected chi connectivity index (χ0v) is 6.46. The Balaban J connectivity index is 2.45. The summed E-state index contributed by atoms with van der Waals surface area (Å²) in [5.41, 5.74) is 3.04. The largest absolute Gasteiger partial charge is 0.286 e. The summed E-state index contributed by atoms with van der Waals surface area (Å²) in [6.45, 7) is 2.15. The van der Waals surface area contributed by atoms with Gasteiger partial charge >= 0.3 is 0 Å². The van der Waals surface area contributed by atoms with Crippen LogP contribution in [0, 0.1) is 0 Å². The van der Waals surface area contributed by atoms with Crippen molar-refractivity contribution in [2.75, 3.05) is 0 Å². The first-order valence-corrected chi connectivity index (χ1v) is 3.88. The molecule has 0 radical (unpaired) electrons. The van der Waals surface area contributed by atoms with Gasteiger partial charge in [-0.05, 0) is 12.5 Å². The molecule has 1 aromatic carbocycles. The molecule has 2 heteroatoms. The molecule has 0 amide bonds. The standard InChI is InChI=1S/C9H10O2/c1-2-4-7-5-3-6-8-9(7)11-10-8/h3,5-6H,2,4H2,1H3. The Morgan fingerprint density at radius 2 is 2.18 bits per heavy atom. The van der Waals surface area contributed by atoms with Crippen molar-refractivity contribution in [3.63, 3.8) is 0 Å². The minimum absolute atomic E-state index is 0.871. The first-order valence-electron chi connectivity index (χ1n) is 3.88. The normalized spacial score (nSPS) is 11.0. The molecule has 0 fully saturated rings. The maximum atomic E-state index is 4.86. The maximum Gasteiger partial charge on any atom is 0.228 e. The second-order valence-corrected chi connectivity index (χ2v) is 2.66. The summed E-state index contributed by atoms with van der Waals surface area (Å²) in [4.78, 5) is 0. The van der Waals surface area contributed by atoms with Crippen LogP contribution in [0.3, 0.4) is 0 Å². The van der Waals surface area contributed by atoms with E-state index in [4.69, 9.17) is 9.15 Å². The molecule has 11 heavy (non-hydrogen) atoms. The van der Waals surface area contributed by atoms with Gasteiger partial charge in [-0.25, -0.2) is 0 Å². The number of rotatable bonds is 2. The second kappa shape index (κ2) is 2.46. The molecule has 0 unspecified atom stereocenters. The van der Waals surface area contributed by atoms with Crippen molar-refractivity contribution in [1.29, 1.82) is 0 Å². The lowest BCUT2D eigenvalue weighted by Crippen LogP contribution is -1.86. The molecule has 0 N–H and O–H groups in total. The molecule has 58 valence electrons. The maximum absolute atomic E-state index is 4.86. The third kappa shape index (κ3) is 0.946. The highest BCUT2D eigenvalue weighted by atomic mass is 17.0. The van der Waals surface area contributed by atoms with Gasteiger partial charge in [-0.15, -0.1) is 0 Å². The summed E-state index contributed by atoms with van der Waals surface area (Å²) in [6.07, 6.45) is 2.20. The van der Waals surface area contributed by atoms with Gasteiger partial charge in [0.1, 0.15) is 0 Å². The van der Waals surface area contributed by atoms with Crippen molar-refractivity contribution < 1.29 is 9.15 Å². The summed E-state index contributed by atoms with van der Waals surface area (Å²) < 4.78 is 9.62. The van der Waals surface area contributed by atoms with Crippen molar-refractivity contribution in [1.82, 2.24) is 0 Å². The molecular weight excluding hydrogens is 140 g/mol. The fourth-order valence-electron chi connectivity index (χ4n) is 1.24. The van der Waals surface area contributed by atoms with E-state index >= 15 is 0 Å². The van der Waals surface area contributed by atoms with E-state index in [1.807, 2.05) is 12.1 Å². The lowest BCUT2D eigenvalue weighted by atomic mass is 10.1. The smallest absolute Gasteiger partial charge is 0.228 e. The van der Waals surface area contributed by atoms with Crippen LogP contribution in [-0.4, -0.2) is 0 Å². The van der Waals surface area contributed by atoms with Gasteiger partial charge in [-0.1, -0.05) is 25.5 Å². The molecule has 0 saturated heterocycles. The average molecular weight is 150 g/mol. The summed E-state index contributed by atoms with van der Waals surface area (Å²) in [5.74, 6) is 0. The predicted molar refractivity (Wildman–Crippen MR) is 42.5 cm³/mol. The van der Waals surface area contributed by atoms with Crippen molar-refractivity contribution in [2.45, 2.75) is 19.8 Å². The first kappa shape index (κ1) is 6.53. The number of hydrogen-bond acceptors (Lipinski definition) is 2. The number of benzene rings is 1. The Morgan fingerprint density at radius 1 is 1.27 bits per heavy atom. The lowest BCUT2D eigenvalue weighted by Gasteiger charge is -2.02. The fourth-order valence-corrected chi connectivity index (χ4v) is 1.24. The second-order valence-electron chi connectivity index (χ2n) is 2.66. The monoisotopic (exact) mass is 150 g/mol. The Kier molecular flexibility index (Phi) is 1.46. The lowest BCUT2D eigenvalue weighted by molar-refractivity contribution is 0.0580. The highest BCUT2D eigenvalue weighted by Crippen LogP contribution is 2.22. The van der Waals surface area contributed by atoms with Crippen LogP contribution in [0.1, 0.15) is 18.9 Å². The van der Waals surface area contributed by atoms with Crippen molar-refractivity contribution >= 4 is 11.2 Å². The van der Waals surface area contributed by atoms with E-state index in [2.05, 4.69) is 13.0 Å². The third-order valence-corrected chi connectivity index (χ3v) is 1.79. The van der Waals surface area contributed by atoms with E-state index in [-0.39, 0.29) is 0 Å². The molecule has 0 atom stereocenters. The van der Waals surface area contributed by atoms with E-state index < -0.39 is 0 Å². The molecule has 2 nitrogen and oxygen atoms in total. The van der Waals surface area contributed by atoms with Gasteiger partial charge in [-0.3, -0.25) is 9.15 Å². The van der Waals surface area contributed by atoms with Crippen molar-refractivity contribution in [3.8, 4) is 0 Å². The summed E-state index contributed by atoms with van der Waals surface area (Å²) in [5, 5.41) is 0. The van der Waals surface area contributed by atoms with Gasteiger partial charge in [0, 0.05) is 5.56 Å². The van der Waals surface area contributed by atoms with Crippen LogP contribution in [0.15, 0.2) is 27.4 Å². The molecule has 0 bridgehead atoms. The summed E-state index contributed by atoms with van der Waals surface area (Å²) in [7, 11) is 0. The number of fused-ring (bicyclic) bond motifs is 1. The van der Waals surface area contributed by atoms with Gasteiger partial charge in [0.25, 0.3) is 0 Å². The molecule has 1 aromatic heterocycles. The van der Waals surface area contributed by atoms with E-state index in [0.29, 0.717) is 0 Å². The van der Waals surface area contributed by atoms with Crippen molar-refractivity contribution in [2.24, 2.45) is 0 Å². The molecule has 2 aromatic rings. The topological polar surface area (TPSA) is 26.3 Å². The van der Waals surface area contributed by atoms with Crippen LogP contribution in [-0.2, 0) is 6.42 Å². The van der Waals surface area contributed by atoms with Gasteiger partial charge in [0.15, 0.2) is 0 Å².